The van der Waals surface area contributed by atoms with Crippen molar-refractivity contribution in [1.82, 2.24) is 0 Å². The lowest BCUT2D eigenvalue weighted by Gasteiger charge is -2.16. The highest BCUT2D eigenvalue weighted by Gasteiger charge is 2.26. The Bertz CT molecular complexity index is 563. The maximum atomic E-state index is 12.0. The van der Waals surface area contributed by atoms with E-state index in [9.17, 15) is 8.42 Å². The van der Waals surface area contributed by atoms with E-state index in [1.807, 2.05) is 0 Å². The van der Waals surface area contributed by atoms with Crippen LogP contribution in [0.2, 0.25) is 5.02 Å². The summed E-state index contributed by atoms with van der Waals surface area (Å²) < 4.78 is 27.1. The van der Waals surface area contributed by atoms with Gasteiger partial charge in [-0.15, -0.1) is 0 Å². The first-order chi connectivity index (χ1) is 8.27. The van der Waals surface area contributed by atoms with Crippen LogP contribution in [0.1, 0.15) is 13.3 Å². The van der Waals surface area contributed by atoms with Gasteiger partial charge in [0.05, 0.1) is 10.0 Å². The van der Waals surface area contributed by atoms with Gasteiger partial charge in [0.1, 0.15) is 5.25 Å². The van der Waals surface area contributed by atoms with Gasteiger partial charge < -0.3 is 5.73 Å². The van der Waals surface area contributed by atoms with Gasteiger partial charge in [0, 0.05) is 10.2 Å². The molecule has 4 nitrogen and oxygen atoms in total. The van der Waals surface area contributed by atoms with Crippen molar-refractivity contribution in [3.63, 3.8) is 0 Å². The van der Waals surface area contributed by atoms with Gasteiger partial charge in [-0.25, -0.2) is 8.42 Å². The Morgan fingerprint density at radius 1 is 1.61 bits per heavy atom. The Morgan fingerprint density at radius 2 is 2.22 bits per heavy atom. The third kappa shape index (κ3) is 3.81. The largest absolute Gasteiger partial charge is 0.392 e. The summed E-state index contributed by atoms with van der Waals surface area (Å²) in [4.78, 5) is -0.0435. The van der Waals surface area contributed by atoms with E-state index in [1.165, 1.54) is 0 Å². The number of benzene rings is 1. The molecule has 3 N–H and O–H groups in total. The fourth-order valence-corrected chi connectivity index (χ4v) is 3.75. The quantitative estimate of drug-likeness (QED) is 0.781. The van der Waals surface area contributed by atoms with E-state index in [4.69, 9.17) is 29.6 Å². The molecule has 0 aliphatic carbocycles. The summed E-state index contributed by atoms with van der Waals surface area (Å²) in [7, 11) is -3.63. The highest BCUT2D eigenvalue weighted by Crippen LogP contribution is 2.26. The van der Waals surface area contributed by atoms with Crippen LogP contribution in [0.25, 0.3) is 0 Å². The molecular formula is C10H12BrClN2O2S2. The van der Waals surface area contributed by atoms with Crippen molar-refractivity contribution in [2.75, 3.05) is 4.72 Å². The van der Waals surface area contributed by atoms with E-state index in [2.05, 4.69) is 20.7 Å². The molecule has 8 heteroatoms. The third-order valence-electron chi connectivity index (χ3n) is 2.24. The van der Waals surface area contributed by atoms with E-state index >= 15 is 0 Å². The number of sulfonamides is 1. The fourth-order valence-electron chi connectivity index (χ4n) is 1.37. The molecule has 18 heavy (non-hydrogen) atoms. The number of nitrogens with one attached hydrogen (secondary N) is 1. The molecule has 1 unspecified atom stereocenters. The van der Waals surface area contributed by atoms with Crippen LogP contribution in [0, 0.1) is 0 Å². The van der Waals surface area contributed by atoms with Crippen LogP contribution in [-0.2, 0) is 10.0 Å². The van der Waals surface area contributed by atoms with E-state index in [-0.39, 0.29) is 4.99 Å². The van der Waals surface area contributed by atoms with Gasteiger partial charge in [0.2, 0.25) is 10.0 Å². The summed E-state index contributed by atoms with van der Waals surface area (Å²) in [6.45, 7) is 1.71. The Hall–Kier alpha value is -0.370. The molecule has 0 saturated carbocycles. The van der Waals surface area contributed by atoms with Crippen LogP contribution in [0.15, 0.2) is 22.7 Å². The number of hydrogen-bond donors (Lipinski definition) is 2. The fraction of sp³-hybridized carbons (Fsp3) is 0.300. The normalized spacial score (nSPS) is 13.1. The highest BCUT2D eigenvalue weighted by atomic mass is 79.9. The molecule has 1 aromatic carbocycles. The van der Waals surface area contributed by atoms with Crippen molar-refractivity contribution < 1.29 is 8.42 Å². The Kier molecular flexibility index (Phi) is 5.39. The van der Waals surface area contributed by atoms with E-state index in [0.29, 0.717) is 21.6 Å². The molecule has 0 bridgehead atoms. The summed E-state index contributed by atoms with van der Waals surface area (Å²) in [5, 5.41) is -0.388. The Balaban J connectivity index is 3.01. The van der Waals surface area contributed by atoms with Gasteiger partial charge in [0.25, 0.3) is 0 Å². The molecule has 0 radical (unpaired) electrons. The van der Waals surface area contributed by atoms with Gasteiger partial charge in [-0.1, -0.05) is 30.7 Å². The van der Waals surface area contributed by atoms with Crippen LogP contribution in [0.4, 0.5) is 5.69 Å². The second kappa shape index (κ2) is 6.18. The molecular weight excluding hydrogens is 360 g/mol. The minimum absolute atomic E-state index is 0.0435. The average molecular weight is 372 g/mol. The van der Waals surface area contributed by atoms with Crippen LogP contribution in [0.3, 0.4) is 0 Å². The monoisotopic (exact) mass is 370 g/mol. The Morgan fingerprint density at radius 3 is 2.67 bits per heavy atom. The van der Waals surface area contributed by atoms with Gasteiger partial charge in [0.15, 0.2) is 0 Å². The van der Waals surface area contributed by atoms with Gasteiger partial charge in [-0.2, -0.15) is 0 Å². The zero-order valence-corrected chi connectivity index (χ0v) is 13.5. The van der Waals surface area contributed by atoms with Gasteiger partial charge in [-0.05, 0) is 40.5 Å². The predicted molar refractivity (Wildman–Crippen MR) is 82.6 cm³/mol. The average Bonchev–Trinajstić information content (AvgIpc) is 2.22. The minimum Gasteiger partial charge on any atom is -0.392 e. The predicted octanol–water partition coefficient (Wildman–Crippen LogP) is 2.91. The lowest BCUT2D eigenvalue weighted by molar-refractivity contribution is 0.594. The van der Waals surface area contributed by atoms with Crippen molar-refractivity contribution in [1.29, 1.82) is 0 Å². The SMILES string of the molecule is CCC(C(N)=S)S(=O)(=O)Nc1ccc(Cl)c(Br)c1. The lowest BCUT2D eigenvalue weighted by atomic mass is 10.3. The van der Waals surface area contributed by atoms with Crippen molar-refractivity contribution in [2.24, 2.45) is 5.73 Å². The minimum atomic E-state index is -3.63. The topological polar surface area (TPSA) is 72.2 Å². The van der Waals surface area contributed by atoms with Crippen molar-refractivity contribution >= 4 is 60.4 Å². The number of thiocarbonyl (C=S) groups is 1. The van der Waals surface area contributed by atoms with E-state index < -0.39 is 15.3 Å². The maximum Gasteiger partial charge on any atom is 0.242 e. The van der Waals surface area contributed by atoms with E-state index in [0.717, 1.165) is 0 Å². The first-order valence-corrected chi connectivity index (χ1v) is 8.16. The molecule has 0 fully saturated rings. The molecule has 0 aliphatic heterocycles. The van der Waals surface area contributed by atoms with Gasteiger partial charge in [-0.3, -0.25) is 4.72 Å². The van der Waals surface area contributed by atoms with Crippen molar-refractivity contribution in [3.05, 3.63) is 27.7 Å². The van der Waals surface area contributed by atoms with Crippen molar-refractivity contribution in [3.8, 4) is 0 Å². The highest BCUT2D eigenvalue weighted by molar-refractivity contribution is 9.10. The van der Waals surface area contributed by atoms with Crippen LogP contribution < -0.4 is 10.5 Å². The molecule has 0 heterocycles. The number of hydrogen-bond acceptors (Lipinski definition) is 3. The van der Waals surface area contributed by atoms with Crippen LogP contribution >= 0.6 is 39.7 Å². The second-order valence-electron chi connectivity index (χ2n) is 3.58. The molecule has 0 aromatic heterocycles. The molecule has 0 spiro atoms. The molecule has 0 amide bonds. The summed E-state index contributed by atoms with van der Waals surface area (Å²) in [6.07, 6.45) is 0.319. The number of nitrogens with two attached hydrogens (primary N) is 1. The van der Waals surface area contributed by atoms with E-state index in [1.54, 1.807) is 25.1 Å². The number of rotatable bonds is 5. The molecule has 0 saturated heterocycles. The zero-order chi connectivity index (χ0) is 13.9. The summed E-state index contributed by atoms with van der Waals surface area (Å²) >= 11 is 13.8. The third-order valence-corrected chi connectivity index (χ3v) is 5.75. The second-order valence-corrected chi connectivity index (χ2v) is 7.17. The summed E-state index contributed by atoms with van der Waals surface area (Å²) in [5.74, 6) is 0. The first kappa shape index (κ1) is 15.7. The van der Waals surface area contributed by atoms with Gasteiger partial charge >= 0.3 is 0 Å². The van der Waals surface area contributed by atoms with Crippen LogP contribution in [-0.4, -0.2) is 18.7 Å². The standard InChI is InChI=1S/C10H12BrClN2O2S2/c1-2-9(10(13)17)18(15,16)14-6-3-4-8(12)7(11)5-6/h3-5,9,14H,2H2,1H3,(H2,13,17). The molecule has 0 aliphatic rings. The summed E-state index contributed by atoms with van der Waals surface area (Å²) in [5.41, 5.74) is 5.83. The van der Waals surface area contributed by atoms with Crippen molar-refractivity contribution in [2.45, 2.75) is 18.6 Å². The smallest absolute Gasteiger partial charge is 0.242 e. The number of anilines is 1. The number of halogens is 2. The first-order valence-electron chi connectivity index (χ1n) is 5.04. The Labute approximate surface area is 125 Å². The summed E-state index contributed by atoms with van der Waals surface area (Å²) in [6, 6.07) is 4.73. The maximum absolute atomic E-state index is 12.0. The molecule has 100 valence electrons. The molecule has 1 atom stereocenters. The van der Waals surface area contributed by atoms with Crippen LogP contribution in [0.5, 0.6) is 0 Å². The molecule has 1 aromatic rings. The lowest BCUT2D eigenvalue weighted by Crippen LogP contribution is -2.37. The molecule has 1 rings (SSSR count). The zero-order valence-electron chi connectivity index (χ0n) is 9.48.